The molecule has 0 aromatic heterocycles. The molecular weight excluding hydrogens is 336 g/mol. The van der Waals surface area contributed by atoms with E-state index in [2.05, 4.69) is 10.1 Å². The van der Waals surface area contributed by atoms with Crippen molar-refractivity contribution in [3.8, 4) is 0 Å². The van der Waals surface area contributed by atoms with E-state index in [0.29, 0.717) is 11.4 Å². The van der Waals surface area contributed by atoms with Crippen molar-refractivity contribution in [2.75, 3.05) is 31.0 Å². The van der Waals surface area contributed by atoms with Crippen molar-refractivity contribution < 1.29 is 23.9 Å². The highest BCUT2D eigenvalue weighted by Gasteiger charge is 2.20. The molecule has 136 valence electrons. The number of hydrogen-bond acceptors (Lipinski definition) is 5. The second-order valence-corrected chi connectivity index (χ2v) is 5.54. The number of nitrogens with one attached hydrogen (secondary N) is 1. The highest BCUT2D eigenvalue weighted by molar-refractivity contribution is 6.01. The predicted molar refractivity (Wildman–Crippen MR) is 97.3 cm³/mol. The summed E-state index contributed by atoms with van der Waals surface area (Å²) in [6.07, 6.45) is -0.623. The van der Waals surface area contributed by atoms with Gasteiger partial charge < -0.3 is 14.8 Å². The predicted octanol–water partition coefficient (Wildman–Crippen LogP) is 2.99. The van der Waals surface area contributed by atoms with Crippen LogP contribution in [0.5, 0.6) is 0 Å². The van der Waals surface area contributed by atoms with E-state index in [1.54, 1.807) is 30.3 Å². The van der Waals surface area contributed by atoms with E-state index in [0.717, 1.165) is 5.56 Å². The van der Waals surface area contributed by atoms with Crippen LogP contribution in [0, 0.1) is 6.92 Å². The van der Waals surface area contributed by atoms with Gasteiger partial charge in [-0.15, -0.1) is 0 Å². The minimum Gasteiger partial charge on any atom is -0.452 e. The Hall–Kier alpha value is -3.35. The van der Waals surface area contributed by atoms with E-state index < -0.39 is 24.6 Å². The fourth-order valence-corrected chi connectivity index (χ4v) is 2.22. The fourth-order valence-electron chi connectivity index (χ4n) is 2.22. The molecule has 2 aromatic carbocycles. The van der Waals surface area contributed by atoms with Crippen LogP contribution in [0.15, 0.2) is 48.5 Å². The van der Waals surface area contributed by atoms with Crippen LogP contribution in [0.25, 0.3) is 0 Å². The molecule has 7 nitrogen and oxygen atoms in total. The molecule has 26 heavy (non-hydrogen) atoms. The maximum absolute atomic E-state index is 12.3. The van der Waals surface area contributed by atoms with E-state index in [1.807, 2.05) is 19.1 Å². The first-order chi connectivity index (χ1) is 12.4. The summed E-state index contributed by atoms with van der Waals surface area (Å²) in [6, 6.07) is 13.6. The van der Waals surface area contributed by atoms with Gasteiger partial charge in [0.1, 0.15) is 0 Å². The lowest BCUT2D eigenvalue weighted by Crippen LogP contribution is -2.28. The Labute approximate surface area is 151 Å². The number of anilines is 2. The molecule has 0 unspecified atom stereocenters. The smallest absolute Gasteiger partial charge is 0.413 e. The Morgan fingerprint density at radius 2 is 1.69 bits per heavy atom. The molecule has 0 fully saturated rings. The first kappa shape index (κ1) is 19.0. The molecule has 2 rings (SSSR count). The maximum Gasteiger partial charge on any atom is 0.413 e. The molecular formula is C19H20N2O5. The average Bonchev–Trinajstić information content (AvgIpc) is 2.66. The molecule has 7 heteroatoms. The molecule has 0 aliphatic heterocycles. The molecule has 0 aliphatic rings. The van der Waals surface area contributed by atoms with Gasteiger partial charge in [-0.3, -0.25) is 9.69 Å². The van der Waals surface area contributed by atoms with Crippen LogP contribution in [-0.4, -0.2) is 38.7 Å². The van der Waals surface area contributed by atoms with Gasteiger partial charge in [0.25, 0.3) is 5.91 Å². The number of carbonyl (C=O) groups is 3. The van der Waals surface area contributed by atoms with Crippen LogP contribution < -0.4 is 10.2 Å². The Morgan fingerprint density at radius 3 is 2.35 bits per heavy atom. The van der Waals surface area contributed by atoms with E-state index in [4.69, 9.17) is 4.74 Å². The Bertz CT molecular complexity index is 802. The largest absolute Gasteiger partial charge is 0.452 e. The van der Waals surface area contributed by atoms with E-state index in [-0.39, 0.29) is 5.56 Å². The lowest BCUT2D eigenvalue weighted by Gasteiger charge is -2.18. The Morgan fingerprint density at radius 1 is 1.04 bits per heavy atom. The molecule has 0 radical (unpaired) electrons. The van der Waals surface area contributed by atoms with Gasteiger partial charge in [0.2, 0.25) is 0 Å². The van der Waals surface area contributed by atoms with Crippen molar-refractivity contribution in [2.24, 2.45) is 0 Å². The minimum absolute atomic E-state index is 0.156. The normalized spacial score (nSPS) is 9.96. The third kappa shape index (κ3) is 4.83. The third-order valence-electron chi connectivity index (χ3n) is 3.60. The highest BCUT2D eigenvalue weighted by Crippen LogP contribution is 2.20. The third-order valence-corrected chi connectivity index (χ3v) is 3.60. The monoisotopic (exact) mass is 356 g/mol. The van der Waals surface area contributed by atoms with E-state index in [9.17, 15) is 14.4 Å². The van der Waals surface area contributed by atoms with Gasteiger partial charge in [-0.2, -0.15) is 0 Å². The number of nitrogens with zero attached hydrogens (tertiary/aromatic N) is 1. The number of hydrogen-bond donors (Lipinski definition) is 1. The lowest BCUT2D eigenvalue weighted by atomic mass is 10.1. The van der Waals surface area contributed by atoms with Gasteiger partial charge in [-0.25, -0.2) is 9.59 Å². The summed E-state index contributed by atoms with van der Waals surface area (Å²) >= 11 is 0. The van der Waals surface area contributed by atoms with Gasteiger partial charge in [-0.05, 0) is 31.2 Å². The Balaban J connectivity index is 2.00. The summed E-state index contributed by atoms with van der Waals surface area (Å²) in [5, 5.41) is 2.64. The molecule has 0 saturated carbocycles. The zero-order chi connectivity index (χ0) is 19.1. The van der Waals surface area contributed by atoms with Crippen molar-refractivity contribution in [1.29, 1.82) is 0 Å². The van der Waals surface area contributed by atoms with Gasteiger partial charge >= 0.3 is 12.1 Å². The van der Waals surface area contributed by atoms with Crippen LogP contribution in [0.4, 0.5) is 16.2 Å². The molecule has 0 saturated heterocycles. The SMILES string of the molecule is COC(=O)N(C)c1ccccc1C(=O)OCC(=O)Nc1ccc(C)cc1. The number of methoxy groups -OCH3 is 1. The standard InChI is InChI=1S/C19H20N2O5/c1-13-8-10-14(11-9-13)20-17(22)12-26-18(23)15-6-4-5-7-16(15)21(2)19(24)25-3/h4-11H,12H2,1-3H3,(H,20,22). The fraction of sp³-hybridized carbons (Fsp3) is 0.211. The van der Waals surface area contributed by atoms with Gasteiger partial charge in [0.05, 0.1) is 18.4 Å². The van der Waals surface area contributed by atoms with Crippen LogP contribution in [0.1, 0.15) is 15.9 Å². The van der Waals surface area contributed by atoms with Crippen molar-refractivity contribution in [1.82, 2.24) is 0 Å². The molecule has 0 heterocycles. The average molecular weight is 356 g/mol. The number of rotatable bonds is 5. The second kappa shape index (κ2) is 8.66. The first-order valence-electron chi connectivity index (χ1n) is 7.86. The molecule has 1 N–H and O–H groups in total. The zero-order valence-corrected chi connectivity index (χ0v) is 14.8. The summed E-state index contributed by atoms with van der Waals surface area (Å²) in [5.41, 5.74) is 2.16. The summed E-state index contributed by atoms with van der Waals surface area (Å²) in [7, 11) is 2.72. The molecule has 0 atom stereocenters. The van der Waals surface area contributed by atoms with Crippen LogP contribution >= 0.6 is 0 Å². The van der Waals surface area contributed by atoms with Crippen molar-refractivity contribution in [3.05, 3.63) is 59.7 Å². The quantitative estimate of drug-likeness (QED) is 0.833. The molecule has 0 spiro atoms. The molecule has 0 aliphatic carbocycles. The van der Waals surface area contributed by atoms with Gasteiger partial charge in [-0.1, -0.05) is 29.8 Å². The van der Waals surface area contributed by atoms with E-state index >= 15 is 0 Å². The molecule has 0 bridgehead atoms. The van der Waals surface area contributed by atoms with Gasteiger partial charge in [0.15, 0.2) is 6.61 Å². The Kier molecular flexibility index (Phi) is 6.32. The van der Waals surface area contributed by atoms with Crippen LogP contribution in [0.3, 0.4) is 0 Å². The summed E-state index contributed by atoms with van der Waals surface area (Å²) in [5.74, 6) is -1.17. The maximum atomic E-state index is 12.3. The van der Waals surface area contributed by atoms with E-state index in [1.165, 1.54) is 25.1 Å². The van der Waals surface area contributed by atoms with Gasteiger partial charge in [0, 0.05) is 12.7 Å². The number of ether oxygens (including phenoxy) is 2. The van der Waals surface area contributed by atoms with Crippen molar-refractivity contribution >= 4 is 29.3 Å². The van der Waals surface area contributed by atoms with Crippen molar-refractivity contribution in [2.45, 2.75) is 6.92 Å². The number of esters is 1. The molecule has 2 amide bonds. The lowest BCUT2D eigenvalue weighted by molar-refractivity contribution is -0.119. The number of carbonyl (C=O) groups excluding carboxylic acids is 3. The highest BCUT2D eigenvalue weighted by atomic mass is 16.5. The number of para-hydroxylation sites is 1. The minimum atomic E-state index is -0.713. The number of amides is 2. The second-order valence-electron chi connectivity index (χ2n) is 5.54. The topological polar surface area (TPSA) is 84.9 Å². The summed E-state index contributed by atoms with van der Waals surface area (Å²) in [6.45, 7) is 1.50. The van der Waals surface area contributed by atoms with Crippen molar-refractivity contribution in [3.63, 3.8) is 0 Å². The molecule has 2 aromatic rings. The number of aryl methyl sites for hydroxylation is 1. The first-order valence-corrected chi connectivity index (χ1v) is 7.86. The number of benzene rings is 2. The zero-order valence-electron chi connectivity index (χ0n) is 14.8. The van der Waals surface area contributed by atoms with Crippen LogP contribution in [0.2, 0.25) is 0 Å². The summed E-state index contributed by atoms with van der Waals surface area (Å²) < 4.78 is 9.71. The summed E-state index contributed by atoms with van der Waals surface area (Å²) in [4.78, 5) is 37.1. The van der Waals surface area contributed by atoms with Crippen LogP contribution in [-0.2, 0) is 14.3 Å².